The van der Waals surface area contributed by atoms with Crippen LogP contribution in [0.3, 0.4) is 0 Å². The first-order valence-corrected chi connectivity index (χ1v) is 7.28. The molecule has 6 nitrogen and oxygen atoms in total. The van der Waals surface area contributed by atoms with E-state index in [1.807, 2.05) is 30.3 Å². The zero-order valence-electron chi connectivity index (χ0n) is 13.1. The Kier molecular flexibility index (Phi) is 3.97. The van der Waals surface area contributed by atoms with Crippen molar-refractivity contribution in [2.24, 2.45) is 0 Å². The number of rotatable bonds is 4. The smallest absolute Gasteiger partial charge is 0.361 e. The molecule has 0 aliphatic heterocycles. The third kappa shape index (κ3) is 2.88. The van der Waals surface area contributed by atoms with E-state index >= 15 is 0 Å². The molecule has 0 aliphatic rings. The maximum atomic E-state index is 12.2. The molecule has 2 aromatic heterocycles. The third-order valence-corrected chi connectivity index (χ3v) is 3.23. The van der Waals surface area contributed by atoms with Crippen LogP contribution < -0.4 is 0 Å². The molecule has 0 spiro atoms. The van der Waals surface area contributed by atoms with Crippen LogP contribution in [0.25, 0.3) is 23.0 Å². The summed E-state index contributed by atoms with van der Waals surface area (Å²) in [4.78, 5) is 20.7. The van der Waals surface area contributed by atoms with Crippen molar-refractivity contribution in [1.29, 1.82) is 0 Å². The Morgan fingerprint density at radius 3 is 2.43 bits per heavy atom. The Morgan fingerprint density at radius 2 is 1.83 bits per heavy atom. The zero-order valence-corrected chi connectivity index (χ0v) is 13.1. The second-order valence-corrected chi connectivity index (χ2v) is 4.93. The van der Waals surface area contributed by atoms with Gasteiger partial charge in [-0.15, -0.1) is 0 Å². The van der Waals surface area contributed by atoms with Gasteiger partial charge in [0, 0.05) is 12.5 Å². The predicted octanol–water partition coefficient (Wildman–Crippen LogP) is 3.79. The van der Waals surface area contributed by atoms with Crippen LogP contribution in [0.2, 0.25) is 0 Å². The number of esters is 1. The van der Waals surface area contributed by atoms with E-state index < -0.39 is 5.97 Å². The van der Waals surface area contributed by atoms with Gasteiger partial charge in [-0.25, -0.2) is 9.78 Å². The van der Waals surface area contributed by atoms with Gasteiger partial charge in [0.05, 0.1) is 12.3 Å². The fraction of sp³-hybridized carbons (Fsp3) is 0.235. The third-order valence-electron chi connectivity index (χ3n) is 3.23. The van der Waals surface area contributed by atoms with Crippen molar-refractivity contribution in [2.75, 3.05) is 6.61 Å². The van der Waals surface area contributed by atoms with E-state index in [-0.39, 0.29) is 18.2 Å². The molecule has 118 valence electrons. The molecule has 23 heavy (non-hydrogen) atoms. The van der Waals surface area contributed by atoms with Gasteiger partial charge >= 0.3 is 5.97 Å². The van der Waals surface area contributed by atoms with Gasteiger partial charge in [-0.1, -0.05) is 30.3 Å². The van der Waals surface area contributed by atoms with Crippen LogP contribution in [-0.4, -0.2) is 22.5 Å². The van der Waals surface area contributed by atoms with E-state index in [1.54, 1.807) is 20.8 Å². The Bertz CT molecular complexity index is 834. The van der Waals surface area contributed by atoms with Crippen LogP contribution in [0.1, 0.15) is 29.0 Å². The Balaban J connectivity index is 2.14. The van der Waals surface area contributed by atoms with Gasteiger partial charge in [-0.05, 0) is 13.8 Å². The van der Waals surface area contributed by atoms with Crippen LogP contribution in [0.15, 0.2) is 39.2 Å². The fourth-order valence-electron chi connectivity index (χ4n) is 2.27. The van der Waals surface area contributed by atoms with Crippen molar-refractivity contribution in [2.45, 2.75) is 20.8 Å². The normalized spacial score (nSPS) is 10.7. The van der Waals surface area contributed by atoms with E-state index in [9.17, 15) is 4.79 Å². The van der Waals surface area contributed by atoms with Gasteiger partial charge in [0.1, 0.15) is 0 Å². The summed E-state index contributed by atoms with van der Waals surface area (Å²) >= 11 is 0. The summed E-state index contributed by atoms with van der Waals surface area (Å²) in [5.74, 6) is 0.956. The van der Waals surface area contributed by atoms with Crippen LogP contribution in [-0.2, 0) is 4.74 Å². The van der Waals surface area contributed by atoms with Crippen LogP contribution in [0.5, 0.6) is 0 Å². The summed E-state index contributed by atoms with van der Waals surface area (Å²) in [6, 6.07) is 9.28. The lowest BCUT2D eigenvalue weighted by Gasteiger charge is -2.00. The summed E-state index contributed by atoms with van der Waals surface area (Å²) in [6.07, 6.45) is 0. The minimum absolute atomic E-state index is 0.126. The maximum Gasteiger partial charge on any atom is 0.361 e. The average Bonchev–Trinajstić information content (AvgIpc) is 3.11. The predicted molar refractivity (Wildman–Crippen MR) is 82.9 cm³/mol. The first-order valence-electron chi connectivity index (χ1n) is 7.28. The van der Waals surface area contributed by atoms with Gasteiger partial charge in [-0.3, -0.25) is 0 Å². The zero-order chi connectivity index (χ0) is 16.4. The highest BCUT2D eigenvalue weighted by Crippen LogP contribution is 2.32. The molecule has 2 heterocycles. The van der Waals surface area contributed by atoms with Crippen molar-refractivity contribution in [3.05, 3.63) is 47.6 Å². The molecule has 0 N–H and O–H groups in total. The number of carbonyl (C=O) groups is 1. The lowest BCUT2D eigenvalue weighted by Crippen LogP contribution is -2.06. The minimum atomic E-state index is -0.532. The van der Waals surface area contributed by atoms with E-state index in [0.29, 0.717) is 23.1 Å². The molecule has 0 radical (unpaired) electrons. The van der Waals surface area contributed by atoms with Crippen molar-refractivity contribution >= 4 is 5.97 Å². The Morgan fingerprint density at radius 1 is 1.09 bits per heavy atom. The fourth-order valence-corrected chi connectivity index (χ4v) is 2.27. The molecule has 0 aliphatic carbocycles. The number of hydrogen-bond acceptors (Lipinski definition) is 6. The number of hydrogen-bond donors (Lipinski definition) is 0. The highest BCUT2D eigenvalue weighted by Gasteiger charge is 2.25. The summed E-state index contributed by atoms with van der Waals surface area (Å²) in [6.45, 7) is 5.53. The Labute approximate surface area is 133 Å². The summed E-state index contributed by atoms with van der Waals surface area (Å²) in [7, 11) is 0. The molecular formula is C17H16N2O4. The van der Waals surface area contributed by atoms with Gasteiger partial charge in [0.25, 0.3) is 5.89 Å². The van der Waals surface area contributed by atoms with Crippen molar-refractivity contribution < 1.29 is 18.4 Å². The Hall–Kier alpha value is -2.89. The molecule has 1 aromatic carbocycles. The SMILES string of the molecule is CCOC(=O)c1nc(-c2oc(C)nc2C)oc1-c1ccccc1. The minimum Gasteiger partial charge on any atom is -0.461 e. The molecule has 0 saturated heterocycles. The van der Waals surface area contributed by atoms with Gasteiger partial charge in [-0.2, -0.15) is 4.98 Å². The molecule has 0 saturated carbocycles. The lowest BCUT2D eigenvalue weighted by molar-refractivity contribution is 0.0520. The van der Waals surface area contributed by atoms with Gasteiger partial charge in [0.15, 0.2) is 17.3 Å². The molecule has 6 heteroatoms. The summed E-state index contributed by atoms with van der Waals surface area (Å²) in [5.41, 5.74) is 1.52. The van der Waals surface area contributed by atoms with E-state index in [4.69, 9.17) is 13.6 Å². The molecule has 0 bridgehead atoms. The number of oxazole rings is 2. The quantitative estimate of drug-likeness (QED) is 0.682. The summed E-state index contributed by atoms with van der Waals surface area (Å²) in [5, 5.41) is 0. The topological polar surface area (TPSA) is 78.4 Å². The van der Waals surface area contributed by atoms with Crippen LogP contribution in [0, 0.1) is 13.8 Å². The maximum absolute atomic E-state index is 12.2. The highest BCUT2D eigenvalue weighted by atomic mass is 16.5. The molecule has 3 rings (SSSR count). The lowest BCUT2D eigenvalue weighted by atomic mass is 10.1. The molecule has 3 aromatic rings. The van der Waals surface area contributed by atoms with Crippen molar-refractivity contribution in [3.63, 3.8) is 0 Å². The number of nitrogens with zero attached hydrogens (tertiary/aromatic N) is 2. The van der Waals surface area contributed by atoms with Crippen molar-refractivity contribution in [1.82, 2.24) is 9.97 Å². The largest absolute Gasteiger partial charge is 0.461 e. The van der Waals surface area contributed by atoms with E-state index in [1.165, 1.54) is 0 Å². The highest BCUT2D eigenvalue weighted by molar-refractivity contribution is 5.94. The number of ether oxygens (including phenoxy) is 1. The van der Waals surface area contributed by atoms with Gasteiger partial charge < -0.3 is 13.6 Å². The second-order valence-electron chi connectivity index (χ2n) is 4.93. The number of benzene rings is 1. The summed E-state index contributed by atoms with van der Waals surface area (Å²) < 4.78 is 16.4. The van der Waals surface area contributed by atoms with Crippen LogP contribution in [0.4, 0.5) is 0 Å². The van der Waals surface area contributed by atoms with E-state index in [0.717, 1.165) is 5.56 Å². The second kappa shape index (κ2) is 6.08. The van der Waals surface area contributed by atoms with E-state index in [2.05, 4.69) is 9.97 Å². The standard InChI is InChI=1S/C17H16N2O4/c1-4-21-17(20)13-15(12-8-6-5-7-9-12)23-16(19-13)14-10(2)18-11(3)22-14/h5-9H,4H2,1-3H3. The number of aryl methyl sites for hydroxylation is 2. The molecule has 0 unspecified atom stereocenters. The molecule has 0 fully saturated rings. The molecule has 0 amide bonds. The monoisotopic (exact) mass is 312 g/mol. The first kappa shape index (κ1) is 15.0. The van der Waals surface area contributed by atoms with Crippen LogP contribution >= 0.6 is 0 Å². The number of carbonyl (C=O) groups excluding carboxylic acids is 1. The molecule has 0 atom stereocenters. The molecular weight excluding hydrogens is 296 g/mol. The van der Waals surface area contributed by atoms with Crippen molar-refractivity contribution in [3.8, 4) is 23.0 Å². The number of aromatic nitrogens is 2. The van der Waals surface area contributed by atoms with Gasteiger partial charge in [0.2, 0.25) is 5.76 Å². The first-order chi connectivity index (χ1) is 11.1. The average molecular weight is 312 g/mol.